The molecule has 0 saturated carbocycles. The Bertz CT molecular complexity index is 443. The third-order valence-corrected chi connectivity index (χ3v) is 4.69. The molecule has 102 valence electrons. The van der Waals surface area contributed by atoms with E-state index in [4.69, 9.17) is 0 Å². The van der Waals surface area contributed by atoms with Gasteiger partial charge in [0.05, 0.1) is 6.42 Å². The zero-order valence-corrected chi connectivity index (χ0v) is 11.0. The van der Waals surface area contributed by atoms with E-state index in [0.29, 0.717) is 6.42 Å². The third-order valence-electron chi connectivity index (χ3n) is 2.57. The molecule has 0 radical (unpaired) electrons. The Morgan fingerprint density at radius 3 is 2.44 bits per heavy atom. The van der Waals surface area contributed by atoms with Crippen molar-refractivity contribution in [3.63, 3.8) is 0 Å². The van der Waals surface area contributed by atoms with E-state index in [1.54, 1.807) is 0 Å². The van der Waals surface area contributed by atoms with Crippen molar-refractivity contribution in [2.24, 2.45) is 0 Å². The van der Waals surface area contributed by atoms with Gasteiger partial charge in [0.2, 0.25) is 7.37 Å². The first kappa shape index (κ1) is 15.3. The second kappa shape index (κ2) is 5.89. The molecule has 0 spiro atoms. The summed E-state index contributed by atoms with van der Waals surface area (Å²) in [7, 11) is -3.69. The lowest BCUT2D eigenvalue weighted by atomic mass is 10.1. The highest BCUT2D eigenvalue weighted by Crippen LogP contribution is 2.42. The largest absolute Gasteiger partial charge is 0.393 e. The smallest absolute Gasteiger partial charge is 0.341 e. The highest BCUT2D eigenvalue weighted by molar-refractivity contribution is 7.66. The van der Waals surface area contributed by atoms with Crippen LogP contribution in [0.5, 0.6) is 0 Å². The number of rotatable bonds is 5. The van der Waals surface area contributed by atoms with Crippen LogP contribution in [0.25, 0.3) is 0 Å². The molecule has 0 fully saturated rings. The maximum absolute atomic E-state index is 12.4. The minimum Gasteiger partial charge on any atom is -0.341 e. The number of alkyl halides is 3. The van der Waals surface area contributed by atoms with E-state index in [-0.39, 0.29) is 17.0 Å². The Labute approximate surface area is 104 Å². The van der Waals surface area contributed by atoms with Crippen molar-refractivity contribution in [1.29, 1.82) is 0 Å². The van der Waals surface area contributed by atoms with Gasteiger partial charge in [0.25, 0.3) is 0 Å². The molecular weight excluding hydrogens is 264 g/mol. The minimum atomic E-state index is -4.37. The number of benzene rings is 1. The SMILES string of the molecule is CCCCP(=O)(O)c1ccccc1CC(F)(F)F. The van der Waals surface area contributed by atoms with Crippen LogP contribution in [0.15, 0.2) is 24.3 Å². The van der Waals surface area contributed by atoms with Gasteiger partial charge in [-0.05, 0) is 18.1 Å². The lowest BCUT2D eigenvalue weighted by molar-refractivity contribution is -0.127. The van der Waals surface area contributed by atoms with Gasteiger partial charge in [-0.25, -0.2) is 0 Å². The molecule has 0 aromatic heterocycles. The van der Waals surface area contributed by atoms with Crippen LogP contribution in [0.4, 0.5) is 13.2 Å². The molecule has 1 unspecified atom stereocenters. The van der Waals surface area contributed by atoms with E-state index in [1.165, 1.54) is 24.3 Å². The van der Waals surface area contributed by atoms with Gasteiger partial charge in [-0.15, -0.1) is 0 Å². The van der Waals surface area contributed by atoms with Crippen molar-refractivity contribution in [3.8, 4) is 0 Å². The van der Waals surface area contributed by atoms with Gasteiger partial charge in [-0.1, -0.05) is 31.5 Å². The molecule has 0 amide bonds. The Balaban J connectivity index is 3.05. The van der Waals surface area contributed by atoms with Gasteiger partial charge >= 0.3 is 6.18 Å². The molecule has 1 rings (SSSR count). The van der Waals surface area contributed by atoms with Crippen molar-refractivity contribution < 1.29 is 22.6 Å². The van der Waals surface area contributed by atoms with Crippen LogP contribution in [-0.4, -0.2) is 17.2 Å². The van der Waals surface area contributed by atoms with E-state index in [9.17, 15) is 22.6 Å². The molecule has 2 nitrogen and oxygen atoms in total. The van der Waals surface area contributed by atoms with Crippen LogP contribution in [0.1, 0.15) is 25.3 Å². The van der Waals surface area contributed by atoms with Crippen LogP contribution >= 0.6 is 7.37 Å². The first-order valence-corrected chi connectivity index (χ1v) is 7.58. The molecule has 0 saturated heterocycles. The van der Waals surface area contributed by atoms with E-state index in [1.807, 2.05) is 6.92 Å². The minimum absolute atomic E-state index is 0.0262. The monoisotopic (exact) mass is 280 g/mol. The fourth-order valence-electron chi connectivity index (χ4n) is 1.71. The molecule has 0 heterocycles. The van der Waals surface area contributed by atoms with Crippen molar-refractivity contribution in [3.05, 3.63) is 29.8 Å². The molecule has 0 aliphatic heterocycles. The maximum atomic E-state index is 12.4. The summed E-state index contributed by atoms with van der Waals surface area (Å²) in [6.07, 6.45) is -4.26. The number of hydrogen-bond donors (Lipinski definition) is 1. The quantitative estimate of drug-likeness (QED) is 0.838. The van der Waals surface area contributed by atoms with Crippen LogP contribution in [-0.2, 0) is 11.0 Å². The summed E-state index contributed by atoms with van der Waals surface area (Å²) in [5.41, 5.74) is -0.105. The predicted molar refractivity (Wildman–Crippen MR) is 65.4 cm³/mol. The van der Waals surface area contributed by atoms with Gasteiger partial charge in [0, 0.05) is 11.5 Å². The molecule has 0 aliphatic rings. The average Bonchev–Trinajstić information content (AvgIpc) is 2.25. The molecule has 1 aromatic carbocycles. The van der Waals surface area contributed by atoms with Gasteiger partial charge in [0.1, 0.15) is 0 Å². The standard InChI is InChI=1S/C12H16F3O2P/c1-2-3-8-18(16,17)11-7-5-4-6-10(11)9-12(13,14)15/h4-7H,2-3,8-9H2,1H3,(H,16,17). The third kappa shape index (κ3) is 4.46. The van der Waals surface area contributed by atoms with Gasteiger partial charge in [-0.3, -0.25) is 4.57 Å². The first-order chi connectivity index (χ1) is 8.26. The maximum Gasteiger partial charge on any atom is 0.393 e. The second-order valence-corrected chi connectivity index (χ2v) is 6.53. The van der Waals surface area contributed by atoms with Crippen LogP contribution in [0, 0.1) is 0 Å². The van der Waals surface area contributed by atoms with Crippen LogP contribution in [0.2, 0.25) is 0 Å². The zero-order valence-electron chi connectivity index (χ0n) is 10.1. The fraction of sp³-hybridized carbons (Fsp3) is 0.500. The predicted octanol–water partition coefficient (Wildman–Crippen LogP) is 3.49. The van der Waals surface area contributed by atoms with E-state index >= 15 is 0 Å². The highest BCUT2D eigenvalue weighted by atomic mass is 31.2. The number of unbranched alkanes of at least 4 members (excludes halogenated alkanes) is 1. The molecule has 0 bridgehead atoms. The summed E-state index contributed by atoms with van der Waals surface area (Å²) >= 11 is 0. The summed E-state index contributed by atoms with van der Waals surface area (Å²) in [4.78, 5) is 9.88. The summed E-state index contributed by atoms with van der Waals surface area (Å²) < 4.78 is 49.2. The Morgan fingerprint density at radius 1 is 1.28 bits per heavy atom. The fourth-order valence-corrected chi connectivity index (χ4v) is 3.62. The molecule has 18 heavy (non-hydrogen) atoms. The molecule has 1 atom stereocenters. The Morgan fingerprint density at radius 2 is 1.89 bits per heavy atom. The summed E-state index contributed by atoms with van der Waals surface area (Å²) in [5, 5.41) is -0.0595. The Kier molecular flexibility index (Phi) is 5.00. The Hall–Kier alpha value is -0.800. The normalized spacial score (nSPS) is 15.4. The molecule has 0 aliphatic carbocycles. The van der Waals surface area contributed by atoms with E-state index in [0.717, 1.165) is 6.42 Å². The molecule has 1 aromatic rings. The summed E-state index contributed by atoms with van der Waals surface area (Å²) in [6.45, 7) is 1.86. The van der Waals surface area contributed by atoms with Crippen molar-refractivity contribution in [2.75, 3.05) is 6.16 Å². The van der Waals surface area contributed by atoms with Crippen LogP contribution < -0.4 is 5.30 Å². The van der Waals surface area contributed by atoms with Crippen LogP contribution in [0.3, 0.4) is 0 Å². The molecular formula is C12H16F3O2P. The molecule has 6 heteroatoms. The van der Waals surface area contributed by atoms with E-state index in [2.05, 4.69) is 0 Å². The average molecular weight is 280 g/mol. The lowest BCUT2D eigenvalue weighted by Crippen LogP contribution is -2.20. The van der Waals surface area contributed by atoms with Crippen molar-refractivity contribution in [2.45, 2.75) is 32.4 Å². The zero-order chi connectivity index (χ0) is 13.8. The first-order valence-electron chi connectivity index (χ1n) is 5.73. The van der Waals surface area contributed by atoms with E-state index < -0.39 is 20.0 Å². The van der Waals surface area contributed by atoms with Crippen molar-refractivity contribution >= 4 is 12.7 Å². The van der Waals surface area contributed by atoms with Gasteiger partial charge < -0.3 is 4.89 Å². The second-order valence-electron chi connectivity index (χ2n) is 4.20. The summed E-state index contributed by atoms with van der Waals surface area (Å²) in [6, 6.07) is 5.52. The molecule has 1 N–H and O–H groups in total. The lowest BCUT2D eigenvalue weighted by Gasteiger charge is -2.16. The topological polar surface area (TPSA) is 37.3 Å². The number of halogens is 3. The van der Waals surface area contributed by atoms with Gasteiger partial charge in [0.15, 0.2) is 0 Å². The highest BCUT2D eigenvalue weighted by Gasteiger charge is 2.32. The van der Waals surface area contributed by atoms with Gasteiger partial charge in [-0.2, -0.15) is 13.2 Å². The summed E-state index contributed by atoms with van der Waals surface area (Å²) in [5.74, 6) is 0. The number of hydrogen-bond acceptors (Lipinski definition) is 1. The van der Waals surface area contributed by atoms with Crippen molar-refractivity contribution in [1.82, 2.24) is 0 Å².